The number of benzene rings is 1. The minimum Gasteiger partial charge on any atom is -0.496 e. The Labute approximate surface area is 125 Å². The number of nitrogens with one attached hydrogen (secondary N) is 1. The van der Waals surface area contributed by atoms with E-state index in [-0.39, 0.29) is 0 Å². The van der Waals surface area contributed by atoms with E-state index in [0.29, 0.717) is 12.0 Å². The summed E-state index contributed by atoms with van der Waals surface area (Å²) in [5.41, 5.74) is 3.29. The maximum Gasteiger partial charge on any atom is 0.122 e. The summed E-state index contributed by atoms with van der Waals surface area (Å²) in [5, 5.41) is 3.55. The average Bonchev–Trinajstić information content (AvgIpc) is 2.48. The molecule has 1 aromatic carbocycles. The molecule has 4 heteroatoms. The van der Waals surface area contributed by atoms with Gasteiger partial charge in [0.1, 0.15) is 5.75 Å². The van der Waals surface area contributed by atoms with Crippen LogP contribution in [0.2, 0.25) is 0 Å². The highest BCUT2D eigenvalue weighted by Crippen LogP contribution is 2.40. The summed E-state index contributed by atoms with van der Waals surface area (Å²) in [6.45, 7) is 2.74. The van der Waals surface area contributed by atoms with Crippen LogP contribution in [0.25, 0.3) is 0 Å². The Morgan fingerprint density at radius 3 is 2.71 bits per heavy atom. The van der Waals surface area contributed by atoms with Crippen molar-refractivity contribution in [3.05, 3.63) is 53.6 Å². The molecule has 0 aliphatic heterocycles. The lowest BCUT2D eigenvalue weighted by atomic mass is 9.75. The Hall–Kier alpha value is -1.94. The van der Waals surface area contributed by atoms with Gasteiger partial charge in [-0.3, -0.25) is 9.97 Å². The highest BCUT2D eigenvalue weighted by molar-refractivity contribution is 5.37. The van der Waals surface area contributed by atoms with Crippen molar-refractivity contribution in [3.63, 3.8) is 0 Å². The minimum absolute atomic E-state index is 0.558. The Morgan fingerprint density at radius 1 is 1.19 bits per heavy atom. The molecule has 4 nitrogen and oxygen atoms in total. The quantitative estimate of drug-likeness (QED) is 0.916. The second kappa shape index (κ2) is 6.22. The van der Waals surface area contributed by atoms with Crippen molar-refractivity contribution in [2.45, 2.75) is 38.3 Å². The molecule has 0 bridgehead atoms. The van der Waals surface area contributed by atoms with Gasteiger partial charge in [-0.15, -0.1) is 0 Å². The van der Waals surface area contributed by atoms with E-state index in [2.05, 4.69) is 27.4 Å². The molecule has 0 radical (unpaired) electrons. The summed E-state index contributed by atoms with van der Waals surface area (Å²) in [5.74, 6) is 1.60. The molecule has 21 heavy (non-hydrogen) atoms. The van der Waals surface area contributed by atoms with Gasteiger partial charge in [0.05, 0.1) is 18.5 Å². The van der Waals surface area contributed by atoms with E-state index in [4.69, 9.17) is 4.74 Å². The Bertz CT molecular complexity index is 591. The van der Waals surface area contributed by atoms with E-state index in [9.17, 15) is 0 Å². The van der Waals surface area contributed by atoms with Gasteiger partial charge in [-0.1, -0.05) is 18.2 Å². The van der Waals surface area contributed by atoms with Crippen LogP contribution in [0, 0.1) is 6.92 Å². The number of methoxy groups -OCH3 is 1. The third-order valence-electron chi connectivity index (χ3n) is 4.12. The summed E-state index contributed by atoms with van der Waals surface area (Å²) in [6.07, 6.45) is 5.97. The topological polar surface area (TPSA) is 47.0 Å². The molecule has 110 valence electrons. The predicted octanol–water partition coefficient (Wildman–Crippen LogP) is 2.83. The van der Waals surface area contributed by atoms with Gasteiger partial charge in [0, 0.05) is 25.0 Å². The minimum atomic E-state index is 0.558. The van der Waals surface area contributed by atoms with Gasteiger partial charge in [-0.2, -0.15) is 0 Å². The van der Waals surface area contributed by atoms with Crippen LogP contribution in [0.4, 0.5) is 0 Å². The van der Waals surface area contributed by atoms with E-state index in [1.54, 1.807) is 7.11 Å². The Balaban J connectivity index is 1.50. The normalized spacial score (nSPS) is 20.9. The maximum absolute atomic E-state index is 5.44. The maximum atomic E-state index is 5.44. The molecule has 1 aromatic heterocycles. The second-order valence-corrected chi connectivity index (χ2v) is 5.64. The summed E-state index contributed by atoms with van der Waals surface area (Å²) in [4.78, 5) is 8.64. The Morgan fingerprint density at radius 2 is 2.00 bits per heavy atom. The molecule has 0 saturated heterocycles. The number of nitrogens with zero attached hydrogens (tertiary/aromatic N) is 2. The van der Waals surface area contributed by atoms with Crippen molar-refractivity contribution in [1.29, 1.82) is 0 Å². The first-order valence-electron chi connectivity index (χ1n) is 7.40. The number of aromatic nitrogens is 2. The van der Waals surface area contributed by atoms with Gasteiger partial charge in [-0.25, -0.2) is 0 Å². The van der Waals surface area contributed by atoms with Crippen LogP contribution in [-0.4, -0.2) is 23.1 Å². The zero-order chi connectivity index (χ0) is 14.7. The average molecular weight is 283 g/mol. The summed E-state index contributed by atoms with van der Waals surface area (Å²) in [6, 6.07) is 8.87. The molecule has 0 amide bonds. The summed E-state index contributed by atoms with van der Waals surface area (Å²) in [7, 11) is 1.74. The van der Waals surface area contributed by atoms with Crippen molar-refractivity contribution in [2.24, 2.45) is 0 Å². The van der Waals surface area contributed by atoms with Crippen molar-refractivity contribution >= 4 is 0 Å². The zero-order valence-electron chi connectivity index (χ0n) is 12.5. The van der Waals surface area contributed by atoms with Crippen LogP contribution >= 0.6 is 0 Å². The van der Waals surface area contributed by atoms with E-state index in [1.165, 1.54) is 5.56 Å². The smallest absolute Gasteiger partial charge is 0.122 e. The van der Waals surface area contributed by atoms with Gasteiger partial charge in [0.2, 0.25) is 0 Å². The van der Waals surface area contributed by atoms with Gasteiger partial charge < -0.3 is 10.1 Å². The molecule has 1 aliphatic rings. The fourth-order valence-corrected chi connectivity index (χ4v) is 2.80. The van der Waals surface area contributed by atoms with Crippen molar-refractivity contribution < 1.29 is 4.74 Å². The number of para-hydroxylation sites is 1. The SMILES string of the molecule is COc1ccccc1C1CC(NCc2cnc(C)cn2)C1. The predicted molar refractivity (Wildman–Crippen MR) is 82.4 cm³/mol. The molecule has 1 N–H and O–H groups in total. The first kappa shape index (κ1) is 14.0. The van der Waals surface area contributed by atoms with Crippen LogP contribution < -0.4 is 10.1 Å². The summed E-state index contributed by atoms with van der Waals surface area (Å²) < 4.78 is 5.44. The van der Waals surface area contributed by atoms with Crippen molar-refractivity contribution in [2.75, 3.05) is 7.11 Å². The van der Waals surface area contributed by atoms with Gasteiger partial charge in [0.25, 0.3) is 0 Å². The van der Waals surface area contributed by atoms with E-state index < -0.39 is 0 Å². The standard InChI is InChI=1S/C17H21N3O/c1-12-9-19-15(10-18-12)11-20-14-7-13(8-14)16-5-3-4-6-17(16)21-2/h3-6,9-10,13-14,20H,7-8,11H2,1-2H3. The van der Waals surface area contributed by atoms with Crippen LogP contribution in [0.5, 0.6) is 5.75 Å². The largest absolute Gasteiger partial charge is 0.496 e. The van der Waals surface area contributed by atoms with Crippen LogP contribution in [-0.2, 0) is 6.54 Å². The van der Waals surface area contributed by atoms with Crippen LogP contribution in [0.3, 0.4) is 0 Å². The van der Waals surface area contributed by atoms with Crippen molar-refractivity contribution in [1.82, 2.24) is 15.3 Å². The van der Waals surface area contributed by atoms with Gasteiger partial charge >= 0.3 is 0 Å². The Kier molecular flexibility index (Phi) is 4.15. The molecule has 0 atom stereocenters. The number of aryl methyl sites for hydroxylation is 1. The molecule has 1 aliphatic carbocycles. The molecule has 3 rings (SSSR count). The van der Waals surface area contributed by atoms with E-state index in [1.807, 2.05) is 31.5 Å². The molecule has 2 aromatic rings. The highest BCUT2D eigenvalue weighted by atomic mass is 16.5. The van der Waals surface area contributed by atoms with Crippen LogP contribution in [0.1, 0.15) is 35.7 Å². The number of hydrogen-bond acceptors (Lipinski definition) is 4. The lowest BCUT2D eigenvalue weighted by molar-refractivity contribution is 0.281. The van der Waals surface area contributed by atoms with E-state index >= 15 is 0 Å². The summed E-state index contributed by atoms with van der Waals surface area (Å²) >= 11 is 0. The zero-order valence-corrected chi connectivity index (χ0v) is 12.5. The molecule has 0 unspecified atom stereocenters. The van der Waals surface area contributed by atoms with Gasteiger partial charge in [-0.05, 0) is 37.3 Å². The molecular formula is C17H21N3O. The fraction of sp³-hybridized carbons (Fsp3) is 0.412. The number of rotatable bonds is 5. The van der Waals surface area contributed by atoms with Crippen molar-refractivity contribution in [3.8, 4) is 5.75 Å². The molecule has 1 heterocycles. The van der Waals surface area contributed by atoms with E-state index in [0.717, 1.165) is 36.5 Å². The third-order valence-corrected chi connectivity index (χ3v) is 4.12. The first-order chi connectivity index (χ1) is 10.3. The number of ether oxygens (including phenoxy) is 1. The number of hydrogen-bond donors (Lipinski definition) is 1. The first-order valence-corrected chi connectivity index (χ1v) is 7.40. The molecular weight excluding hydrogens is 262 g/mol. The van der Waals surface area contributed by atoms with Gasteiger partial charge in [0.15, 0.2) is 0 Å². The molecule has 1 fully saturated rings. The fourth-order valence-electron chi connectivity index (χ4n) is 2.80. The third kappa shape index (κ3) is 3.22. The molecule has 0 spiro atoms. The van der Waals surface area contributed by atoms with Crippen LogP contribution in [0.15, 0.2) is 36.7 Å². The second-order valence-electron chi connectivity index (χ2n) is 5.64. The highest BCUT2D eigenvalue weighted by Gasteiger charge is 2.31. The lowest BCUT2D eigenvalue weighted by Crippen LogP contribution is -2.39. The monoisotopic (exact) mass is 283 g/mol. The lowest BCUT2D eigenvalue weighted by Gasteiger charge is -2.37. The molecule has 1 saturated carbocycles.